The molecule has 2 aromatic rings. The number of hydrogen-bond donors (Lipinski definition) is 1. The summed E-state index contributed by atoms with van der Waals surface area (Å²) in [5.74, 6) is 1.65. The van der Waals surface area contributed by atoms with Gasteiger partial charge in [-0.2, -0.15) is 0 Å². The molecule has 104 valence electrons. The Hall–Kier alpha value is -2.01. The minimum atomic E-state index is -0.0182. The molecule has 0 bridgehead atoms. The quantitative estimate of drug-likeness (QED) is 0.926. The van der Waals surface area contributed by atoms with Crippen LogP contribution < -0.4 is 15.2 Å². The van der Waals surface area contributed by atoms with Gasteiger partial charge in [0.25, 0.3) is 0 Å². The Kier molecular flexibility index (Phi) is 2.67. The number of fused-ring (bicyclic) bond motifs is 1. The zero-order valence-corrected chi connectivity index (χ0v) is 11.2. The lowest BCUT2D eigenvalue weighted by Gasteiger charge is -2.10. The molecule has 0 spiro atoms. The zero-order valence-electron chi connectivity index (χ0n) is 11.2. The Bertz CT molecular complexity index is 634. The first kappa shape index (κ1) is 11.8. The molecule has 1 unspecified atom stereocenters. The molecule has 4 rings (SSSR count). The highest BCUT2D eigenvalue weighted by Gasteiger charge is 2.25. The predicted molar refractivity (Wildman–Crippen MR) is 73.7 cm³/mol. The van der Waals surface area contributed by atoms with Gasteiger partial charge in [0, 0.05) is 17.7 Å². The van der Waals surface area contributed by atoms with E-state index in [1.165, 1.54) is 12.8 Å². The maximum Gasteiger partial charge on any atom is 0.130 e. The van der Waals surface area contributed by atoms with Gasteiger partial charge in [-0.05, 0) is 25.0 Å². The molecule has 5 heteroatoms. The second-order valence-corrected chi connectivity index (χ2v) is 5.43. The van der Waals surface area contributed by atoms with Gasteiger partial charge in [0.05, 0.1) is 24.3 Å². The van der Waals surface area contributed by atoms with Crippen LogP contribution in [0.25, 0.3) is 0 Å². The SMILES string of the molecule is NC1COc2cc(OCc3cncn3C3CC3)ccc21. The third kappa shape index (κ3) is 2.04. The van der Waals surface area contributed by atoms with Crippen LogP contribution in [0.3, 0.4) is 0 Å². The number of imidazole rings is 1. The van der Waals surface area contributed by atoms with Crippen molar-refractivity contribution in [2.75, 3.05) is 6.61 Å². The fourth-order valence-electron chi connectivity index (χ4n) is 2.59. The van der Waals surface area contributed by atoms with Crippen LogP contribution in [0.5, 0.6) is 11.5 Å². The van der Waals surface area contributed by atoms with Crippen LogP contribution in [-0.2, 0) is 6.61 Å². The highest BCUT2D eigenvalue weighted by Crippen LogP contribution is 2.36. The Balaban J connectivity index is 1.48. The second-order valence-electron chi connectivity index (χ2n) is 5.43. The van der Waals surface area contributed by atoms with E-state index < -0.39 is 0 Å². The summed E-state index contributed by atoms with van der Waals surface area (Å²) in [6.07, 6.45) is 6.25. The van der Waals surface area contributed by atoms with Gasteiger partial charge in [0.15, 0.2) is 0 Å². The number of rotatable bonds is 4. The summed E-state index contributed by atoms with van der Waals surface area (Å²) >= 11 is 0. The van der Waals surface area contributed by atoms with E-state index in [0.29, 0.717) is 19.3 Å². The smallest absolute Gasteiger partial charge is 0.130 e. The molecule has 0 saturated heterocycles. The minimum absolute atomic E-state index is 0.0182. The van der Waals surface area contributed by atoms with Crippen LogP contribution in [0.2, 0.25) is 0 Å². The lowest BCUT2D eigenvalue weighted by molar-refractivity contribution is 0.291. The number of ether oxygens (including phenoxy) is 2. The van der Waals surface area contributed by atoms with Crippen molar-refractivity contribution in [1.29, 1.82) is 0 Å². The summed E-state index contributed by atoms with van der Waals surface area (Å²) in [5, 5.41) is 0. The maximum atomic E-state index is 5.93. The average Bonchev–Trinajstić information content (AvgIpc) is 3.09. The van der Waals surface area contributed by atoms with Gasteiger partial charge in [0.2, 0.25) is 0 Å². The van der Waals surface area contributed by atoms with Gasteiger partial charge in [-0.25, -0.2) is 4.98 Å². The number of hydrogen-bond acceptors (Lipinski definition) is 4. The average molecular weight is 271 g/mol. The van der Waals surface area contributed by atoms with Crippen molar-refractivity contribution in [3.63, 3.8) is 0 Å². The first-order valence-electron chi connectivity index (χ1n) is 6.97. The van der Waals surface area contributed by atoms with E-state index in [2.05, 4.69) is 9.55 Å². The molecule has 2 N–H and O–H groups in total. The first-order valence-corrected chi connectivity index (χ1v) is 6.97. The molecule has 1 aliphatic heterocycles. The molecular formula is C15H17N3O2. The Labute approximate surface area is 117 Å². The van der Waals surface area contributed by atoms with Crippen LogP contribution in [0, 0.1) is 0 Å². The third-order valence-corrected chi connectivity index (χ3v) is 3.88. The highest BCUT2D eigenvalue weighted by molar-refractivity contribution is 5.44. The normalized spacial score (nSPS) is 20.6. The first-order chi connectivity index (χ1) is 9.81. The predicted octanol–water partition coefficient (Wildman–Crippen LogP) is 2.19. The van der Waals surface area contributed by atoms with E-state index in [0.717, 1.165) is 22.8 Å². The molecule has 2 heterocycles. The maximum absolute atomic E-state index is 5.93. The Morgan fingerprint density at radius 2 is 2.30 bits per heavy atom. The van der Waals surface area contributed by atoms with Crippen LogP contribution in [0.4, 0.5) is 0 Å². The van der Waals surface area contributed by atoms with E-state index in [1.807, 2.05) is 30.7 Å². The molecule has 1 aromatic heterocycles. The van der Waals surface area contributed by atoms with Gasteiger partial charge < -0.3 is 19.8 Å². The summed E-state index contributed by atoms with van der Waals surface area (Å²) in [7, 11) is 0. The van der Waals surface area contributed by atoms with Gasteiger partial charge in [-0.15, -0.1) is 0 Å². The van der Waals surface area contributed by atoms with E-state index in [-0.39, 0.29) is 6.04 Å². The Morgan fingerprint density at radius 1 is 1.40 bits per heavy atom. The molecule has 20 heavy (non-hydrogen) atoms. The number of nitrogens with two attached hydrogens (primary N) is 1. The minimum Gasteiger partial charge on any atom is -0.491 e. The van der Waals surface area contributed by atoms with Crippen molar-refractivity contribution in [2.45, 2.75) is 31.5 Å². The Morgan fingerprint density at radius 3 is 3.15 bits per heavy atom. The molecule has 0 radical (unpaired) electrons. The van der Waals surface area contributed by atoms with Crippen LogP contribution in [-0.4, -0.2) is 16.2 Å². The molecule has 1 fully saturated rings. The van der Waals surface area contributed by atoms with Crippen molar-refractivity contribution >= 4 is 0 Å². The van der Waals surface area contributed by atoms with Crippen molar-refractivity contribution in [3.8, 4) is 11.5 Å². The van der Waals surface area contributed by atoms with Crippen LogP contribution >= 0.6 is 0 Å². The van der Waals surface area contributed by atoms with E-state index in [4.69, 9.17) is 15.2 Å². The van der Waals surface area contributed by atoms with E-state index >= 15 is 0 Å². The summed E-state index contributed by atoms with van der Waals surface area (Å²) in [5.41, 5.74) is 8.10. The van der Waals surface area contributed by atoms with Crippen LogP contribution in [0.1, 0.15) is 36.2 Å². The summed E-state index contributed by atoms with van der Waals surface area (Å²) in [4.78, 5) is 4.21. The molecule has 1 saturated carbocycles. The van der Waals surface area contributed by atoms with Gasteiger partial charge >= 0.3 is 0 Å². The lowest BCUT2D eigenvalue weighted by atomic mass is 10.1. The molecule has 5 nitrogen and oxygen atoms in total. The number of benzene rings is 1. The standard InChI is InChI=1S/C15H17N3O2/c16-14-8-20-15-5-12(3-4-13(14)15)19-7-11-6-17-9-18(11)10-1-2-10/h3-6,9-10,14H,1-2,7-8,16H2. The van der Waals surface area contributed by atoms with Crippen molar-refractivity contribution in [1.82, 2.24) is 9.55 Å². The fourth-order valence-corrected chi connectivity index (χ4v) is 2.59. The van der Waals surface area contributed by atoms with Gasteiger partial charge in [-0.3, -0.25) is 0 Å². The molecular weight excluding hydrogens is 254 g/mol. The summed E-state index contributed by atoms with van der Waals surface area (Å²) < 4.78 is 13.6. The van der Waals surface area contributed by atoms with Crippen molar-refractivity contribution < 1.29 is 9.47 Å². The molecule has 1 atom stereocenters. The largest absolute Gasteiger partial charge is 0.491 e. The van der Waals surface area contributed by atoms with Crippen molar-refractivity contribution in [2.24, 2.45) is 5.73 Å². The summed E-state index contributed by atoms with van der Waals surface area (Å²) in [6, 6.07) is 6.46. The third-order valence-electron chi connectivity index (χ3n) is 3.88. The molecule has 0 amide bonds. The molecule has 1 aromatic carbocycles. The zero-order chi connectivity index (χ0) is 13.5. The van der Waals surface area contributed by atoms with Crippen LogP contribution in [0.15, 0.2) is 30.7 Å². The van der Waals surface area contributed by atoms with E-state index in [1.54, 1.807) is 0 Å². The highest BCUT2D eigenvalue weighted by atomic mass is 16.5. The lowest BCUT2D eigenvalue weighted by Crippen LogP contribution is -2.10. The monoisotopic (exact) mass is 271 g/mol. The molecule has 1 aliphatic carbocycles. The molecule has 2 aliphatic rings. The van der Waals surface area contributed by atoms with Gasteiger partial charge in [-0.1, -0.05) is 0 Å². The number of aromatic nitrogens is 2. The fraction of sp³-hybridized carbons (Fsp3) is 0.400. The number of nitrogens with zero attached hydrogens (tertiary/aromatic N) is 2. The topological polar surface area (TPSA) is 62.3 Å². The summed E-state index contributed by atoms with van der Waals surface area (Å²) in [6.45, 7) is 1.08. The van der Waals surface area contributed by atoms with Gasteiger partial charge in [0.1, 0.15) is 24.7 Å². The van der Waals surface area contributed by atoms with E-state index in [9.17, 15) is 0 Å². The second kappa shape index (κ2) is 4.52. The van der Waals surface area contributed by atoms with Crippen molar-refractivity contribution in [3.05, 3.63) is 42.0 Å².